The molecule has 3 rings (SSSR count). The maximum absolute atomic E-state index is 12.5. The van der Waals surface area contributed by atoms with Crippen molar-refractivity contribution in [2.45, 2.75) is 26.2 Å². The second-order valence-electron chi connectivity index (χ2n) is 6.89. The third kappa shape index (κ3) is 5.67. The smallest absolute Gasteiger partial charge is 0.256 e. The molecule has 2 aromatic rings. The number of amides is 2. The molecule has 3 N–H and O–H groups in total. The molecule has 0 saturated carbocycles. The topological polar surface area (TPSA) is 70.2 Å². The fraction of sp³-hybridized carbons (Fsp3) is 0.333. The standard InChI is InChI=1S/C21H25N3O2S.ClH/c1-14(2)16-3-5-17(6-4-16)19(25)24-21-18(9-12-27-21)20(26)23-13-15-7-10-22-11-8-15;/h3-7,9,12,14,22H,8,10-11,13H2,1-2H3,(H,23,26)(H,24,25);1H. The van der Waals surface area contributed by atoms with Crippen molar-refractivity contribution >= 4 is 40.6 Å². The number of carbonyl (C=O) groups is 2. The van der Waals surface area contributed by atoms with Gasteiger partial charge in [-0.05, 0) is 48.0 Å². The van der Waals surface area contributed by atoms with Gasteiger partial charge in [0.25, 0.3) is 11.8 Å². The van der Waals surface area contributed by atoms with Crippen molar-refractivity contribution in [3.63, 3.8) is 0 Å². The molecule has 2 amide bonds. The maximum atomic E-state index is 12.5. The van der Waals surface area contributed by atoms with Crippen LogP contribution >= 0.6 is 23.7 Å². The fourth-order valence-electron chi connectivity index (χ4n) is 2.90. The van der Waals surface area contributed by atoms with Crippen LogP contribution in [0.3, 0.4) is 0 Å². The monoisotopic (exact) mass is 419 g/mol. The molecule has 5 nitrogen and oxygen atoms in total. The number of carbonyl (C=O) groups excluding carboxylic acids is 2. The lowest BCUT2D eigenvalue weighted by Gasteiger charge is -2.14. The van der Waals surface area contributed by atoms with Gasteiger partial charge in [-0.3, -0.25) is 9.59 Å². The molecule has 1 aromatic carbocycles. The van der Waals surface area contributed by atoms with Crippen LogP contribution in [0, 0.1) is 0 Å². The van der Waals surface area contributed by atoms with Gasteiger partial charge in [-0.25, -0.2) is 0 Å². The van der Waals surface area contributed by atoms with E-state index in [0.29, 0.717) is 28.6 Å². The number of anilines is 1. The Balaban J connectivity index is 0.00000280. The molecule has 1 aliphatic heterocycles. The summed E-state index contributed by atoms with van der Waals surface area (Å²) in [7, 11) is 0. The van der Waals surface area contributed by atoms with Crippen molar-refractivity contribution in [1.82, 2.24) is 10.6 Å². The number of hydrogen-bond donors (Lipinski definition) is 3. The van der Waals surface area contributed by atoms with Crippen LogP contribution < -0.4 is 16.0 Å². The predicted octanol–water partition coefficient (Wildman–Crippen LogP) is 4.20. The molecule has 0 bridgehead atoms. The average molecular weight is 420 g/mol. The van der Waals surface area contributed by atoms with Gasteiger partial charge in [0.15, 0.2) is 0 Å². The first-order chi connectivity index (χ1) is 13.0. The summed E-state index contributed by atoms with van der Waals surface area (Å²) in [5.74, 6) is 0.0498. The molecule has 0 radical (unpaired) electrons. The lowest BCUT2D eigenvalue weighted by atomic mass is 10.0. The number of nitrogens with one attached hydrogen (secondary N) is 3. The lowest BCUT2D eigenvalue weighted by Crippen LogP contribution is -2.30. The quantitative estimate of drug-likeness (QED) is 0.614. The van der Waals surface area contributed by atoms with Gasteiger partial charge in [-0.2, -0.15) is 0 Å². The van der Waals surface area contributed by atoms with Gasteiger partial charge in [0.2, 0.25) is 0 Å². The molecule has 0 fully saturated rings. The van der Waals surface area contributed by atoms with Crippen LogP contribution in [0.4, 0.5) is 5.00 Å². The maximum Gasteiger partial charge on any atom is 0.256 e. The largest absolute Gasteiger partial charge is 0.348 e. The number of benzene rings is 1. The van der Waals surface area contributed by atoms with Crippen LogP contribution in [0.5, 0.6) is 0 Å². The van der Waals surface area contributed by atoms with Gasteiger partial charge in [-0.15, -0.1) is 23.7 Å². The van der Waals surface area contributed by atoms with E-state index in [4.69, 9.17) is 0 Å². The number of hydrogen-bond acceptors (Lipinski definition) is 4. The Morgan fingerprint density at radius 3 is 2.54 bits per heavy atom. The normalized spacial score (nSPS) is 13.5. The Bertz CT molecular complexity index is 844. The Morgan fingerprint density at radius 2 is 1.89 bits per heavy atom. The van der Waals surface area contributed by atoms with E-state index in [-0.39, 0.29) is 24.2 Å². The van der Waals surface area contributed by atoms with Crippen LogP contribution in [-0.2, 0) is 0 Å². The fourth-order valence-corrected chi connectivity index (χ4v) is 3.68. The molecule has 0 spiro atoms. The molecule has 1 aliphatic rings. The molecule has 7 heteroatoms. The van der Waals surface area contributed by atoms with Crippen LogP contribution in [-0.4, -0.2) is 31.4 Å². The van der Waals surface area contributed by atoms with Gasteiger partial charge >= 0.3 is 0 Å². The van der Waals surface area contributed by atoms with E-state index in [2.05, 4.69) is 35.9 Å². The minimum absolute atomic E-state index is 0. The summed E-state index contributed by atoms with van der Waals surface area (Å²) in [6.45, 7) is 6.56. The highest BCUT2D eigenvalue weighted by molar-refractivity contribution is 7.14. The first-order valence-corrected chi connectivity index (χ1v) is 10.1. The van der Waals surface area contributed by atoms with E-state index < -0.39 is 0 Å². The second-order valence-corrected chi connectivity index (χ2v) is 7.81. The van der Waals surface area contributed by atoms with Gasteiger partial charge in [0.1, 0.15) is 5.00 Å². The van der Waals surface area contributed by atoms with Crippen molar-refractivity contribution < 1.29 is 9.59 Å². The van der Waals surface area contributed by atoms with Crippen LogP contribution in [0.1, 0.15) is 52.5 Å². The van der Waals surface area contributed by atoms with Gasteiger partial charge in [-0.1, -0.05) is 37.6 Å². The van der Waals surface area contributed by atoms with Gasteiger partial charge < -0.3 is 16.0 Å². The molecule has 1 aromatic heterocycles. The molecular formula is C21H26ClN3O2S. The number of halogens is 1. The molecule has 2 heterocycles. The van der Waals surface area contributed by atoms with Crippen LogP contribution in [0.2, 0.25) is 0 Å². The van der Waals surface area contributed by atoms with E-state index in [9.17, 15) is 9.59 Å². The summed E-state index contributed by atoms with van der Waals surface area (Å²) in [6, 6.07) is 9.32. The van der Waals surface area contributed by atoms with Crippen LogP contribution in [0.25, 0.3) is 0 Å². The molecule has 150 valence electrons. The van der Waals surface area contributed by atoms with E-state index >= 15 is 0 Å². The van der Waals surface area contributed by atoms with Gasteiger partial charge in [0, 0.05) is 18.7 Å². The molecule has 28 heavy (non-hydrogen) atoms. The van der Waals surface area contributed by atoms with Crippen molar-refractivity contribution in [2.24, 2.45) is 0 Å². The molecular weight excluding hydrogens is 394 g/mol. The minimum Gasteiger partial charge on any atom is -0.348 e. The van der Waals surface area contributed by atoms with Crippen molar-refractivity contribution in [3.8, 4) is 0 Å². The second kappa shape index (κ2) is 10.4. The van der Waals surface area contributed by atoms with Gasteiger partial charge in [0.05, 0.1) is 5.56 Å². The number of thiophene rings is 1. The summed E-state index contributed by atoms with van der Waals surface area (Å²) < 4.78 is 0. The molecule has 0 atom stereocenters. The highest BCUT2D eigenvalue weighted by atomic mass is 35.5. The summed E-state index contributed by atoms with van der Waals surface area (Å²) in [5.41, 5.74) is 3.50. The summed E-state index contributed by atoms with van der Waals surface area (Å²) in [5, 5.41) is 11.5. The Morgan fingerprint density at radius 1 is 1.14 bits per heavy atom. The average Bonchev–Trinajstić information content (AvgIpc) is 3.15. The summed E-state index contributed by atoms with van der Waals surface area (Å²) >= 11 is 1.35. The van der Waals surface area contributed by atoms with E-state index in [1.54, 1.807) is 6.07 Å². The predicted molar refractivity (Wildman–Crippen MR) is 118 cm³/mol. The zero-order valence-electron chi connectivity index (χ0n) is 16.1. The number of rotatable bonds is 6. The van der Waals surface area contributed by atoms with Crippen molar-refractivity contribution in [3.05, 3.63) is 64.1 Å². The minimum atomic E-state index is -0.206. The zero-order valence-corrected chi connectivity index (χ0v) is 17.7. The van der Waals surface area contributed by atoms with Crippen molar-refractivity contribution in [2.75, 3.05) is 25.0 Å². The Kier molecular flexibility index (Phi) is 8.23. The summed E-state index contributed by atoms with van der Waals surface area (Å²) in [6.07, 6.45) is 3.06. The van der Waals surface area contributed by atoms with E-state index in [1.807, 2.05) is 29.6 Å². The first-order valence-electron chi connectivity index (χ1n) is 9.20. The van der Waals surface area contributed by atoms with E-state index in [0.717, 1.165) is 19.5 Å². The highest BCUT2D eigenvalue weighted by Gasteiger charge is 2.16. The molecule has 0 unspecified atom stereocenters. The third-order valence-electron chi connectivity index (χ3n) is 4.61. The van der Waals surface area contributed by atoms with Crippen molar-refractivity contribution in [1.29, 1.82) is 0 Å². The lowest BCUT2D eigenvalue weighted by molar-refractivity contribution is 0.0958. The SMILES string of the molecule is CC(C)c1ccc(C(=O)Nc2sccc2C(=O)NCC2=CCNCC2)cc1.Cl. The highest BCUT2D eigenvalue weighted by Crippen LogP contribution is 2.24. The zero-order chi connectivity index (χ0) is 19.2. The Hall–Kier alpha value is -2.15. The molecule has 0 aliphatic carbocycles. The van der Waals surface area contributed by atoms with Crippen LogP contribution in [0.15, 0.2) is 47.4 Å². The van der Waals surface area contributed by atoms with E-state index in [1.165, 1.54) is 22.5 Å². The third-order valence-corrected chi connectivity index (χ3v) is 5.44. The summed E-state index contributed by atoms with van der Waals surface area (Å²) in [4.78, 5) is 25.0. The Labute approximate surface area is 176 Å². The first kappa shape index (κ1) is 22.1. The molecule has 0 saturated heterocycles.